The Kier molecular flexibility index (Phi) is 6.01. The maximum Gasteiger partial charge on any atom is 0.240 e. The highest BCUT2D eigenvalue weighted by atomic mass is 19.1. The van der Waals surface area contributed by atoms with Crippen LogP contribution in [-0.2, 0) is 9.59 Å². The van der Waals surface area contributed by atoms with Gasteiger partial charge in [0.05, 0.1) is 6.21 Å². The molecule has 2 rings (SSSR count). The molecule has 6 nitrogen and oxygen atoms in total. The zero-order valence-electron chi connectivity index (χ0n) is 12.7. The van der Waals surface area contributed by atoms with Crippen molar-refractivity contribution in [2.45, 2.75) is 12.8 Å². The summed E-state index contributed by atoms with van der Waals surface area (Å²) in [6, 6.07) is 11.9. The van der Waals surface area contributed by atoms with Crippen molar-refractivity contribution in [2.24, 2.45) is 5.10 Å². The normalized spacial score (nSPS) is 10.5. The van der Waals surface area contributed by atoms with Crippen LogP contribution in [0.3, 0.4) is 0 Å². The highest BCUT2D eigenvalue weighted by Crippen LogP contribution is 2.12. The van der Waals surface area contributed by atoms with E-state index in [-0.39, 0.29) is 24.5 Å². The Balaban J connectivity index is 1.73. The van der Waals surface area contributed by atoms with Gasteiger partial charge in [0.25, 0.3) is 0 Å². The van der Waals surface area contributed by atoms with Crippen LogP contribution in [0.4, 0.5) is 10.1 Å². The van der Waals surface area contributed by atoms with Gasteiger partial charge in [-0.1, -0.05) is 12.1 Å². The van der Waals surface area contributed by atoms with Crippen LogP contribution in [0.5, 0.6) is 5.75 Å². The summed E-state index contributed by atoms with van der Waals surface area (Å²) in [5.41, 5.74) is 3.20. The molecule has 0 radical (unpaired) electrons. The van der Waals surface area contributed by atoms with Crippen molar-refractivity contribution in [3.63, 3.8) is 0 Å². The van der Waals surface area contributed by atoms with Gasteiger partial charge in [-0.15, -0.1) is 0 Å². The lowest BCUT2D eigenvalue weighted by atomic mass is 10.2. The first kappa shape index (κ1) is 17.1. The molecular weight excluding hydrogens is 313 g/mol. The topological polar surface area (TPSA) is 90.8 Å². The molecular formula is C17H16FN3O3. The minimum Gasteiger partial charge on any atom is -0.507 e. The first-order valence-corrected chi connectivity index (χ1v) is 7.20. The summed E-state index contributed by atoms with van der Waals surface area (Å²) in [6.07, 6.45) is 1.23. The number of hydrogen-bond donors (Lipinski definition) is 3. The minimum absolute atomic E-state index is 0.0324. The summed E-state index contributed by atoms with van der Waals surface area (Å²) < 4.78 is 12.7. The summed E-state index contributed by atoms with van der Waals surface area (Å²) >= 11 is 0. The van der Waals surface area contributed by atoms with Crippen molar-refractivity contribution in [3.8, 4) is 5.75 Å². The number of phenolic OH excluding ortho intramolecular Hbond substituents is 1. The van der Waals surface area contributed by atoms with Gasteiger partial charge in [-0.3, -0.25) is 9.59 Å². The van der Waals surface area contributed by atoms with Gasteiger partial charge in [0.15, 0.2) is 0 Å². The third-order valence-corrected chi connectivity index (χ3v) is 3.04. The molecule has 0 saturated carbocycles. The van der Waals surface area contributed by atoms with E-state index in [1.807, 2.05) is 0 Å². The fourth-order valence-electron chi connectivity index (χ4n) is 1.81. The van der Waals surface area contributed by atoms with Gasteiger partial charge in [-0.05, 0) is 36.4 Å². The number of amides is 2. The van der Waals surface area contributed by atoms with Crippen LogP contribution in [0, 0.1) is 5.82 Å². The number of nitrogens with zero attached hydrogens (tertiary/aromatic N) is 1. The van der Waals surface area contributed by atoms with Crippen molar-refractivity contribution in [1.29, 1.82) is 0 Å². The molecule has 0 fully saturated rings. The van der Waals surface area contributed by atoms with Gasteiger partial charge in [-0.25, -0.2) is 9.82 Å². The van der Waals surface area contributed by atoms with E-state index < -0.39 is 11.7 Å². The third-order valence-electron chi connectivity index (χ3n) is 3.04. The largest absolute Gasteiger partial charge is 0.507 e. The number of hydrazone groups is 1. The highest BCUT2D eigenvalue weighted by Gasteiger charge is 2.07. The smallest absolute Gasteiger partial charge is 0.240 e. The van der Waals surface area contributed by atoms with Crippen molar-refractivity contribution >= 4 is 23.7 Å². The average molecular weight is 329 g/mol. The van der Waals surface area contributed by atoms with Crippen molar-refractivity contribution in [2.75, 3.05) is 5.32 Å². The molecule has 2 amide bonds. The molecule has 0 aliphatic heterocycles. The molecule has 0 aliphatic carbocycles. The van der Waals surface area contributed by atoms with Crippen LogP contribution in [0.2, 0.25) is 0 Å². The first-order chi connectivity index (χ1) is 11.5. The van der Waals surface area contributed by atoms with Crippen LogP contribution >= 0.6 is 0 Å². The van der Waals surface area contributed by atoms with E-state index in [4.69, 9.17) is 0 Å². The SMILES string of the molecule is O=C(CCC(=O)Nc1ccc(F)cc1)N/N=C/c1ccccc1O. The molecule has 24 heavy (non-hydrogen) atoms. The van der Waals surface area contributed by atoms with E-state index in [2.05, 4.69) is 15.8 Å². The number of para-hydroxylation sites is 1. The van der Waals surface area contributed by atoms with E-state index in [1.165, 1.54) is 36.5 Å². The summed E-state index contributed by atoms with van der Waals surface area (Å²) in [6.45, 7) is 0. The number of hydrogen-bond acceptors (Lipinski definition) is 4. The number of carbonyl (C=O) groups excluding carboxylic acids is 2. The molecule has 0 unspecified atom stereocenters. The van der Waals surface area contributed by atoms with Crippen molar-refractivity contribution in [1.82, 2.24) is 5.43 Å². The second-order valence-electron chi connectivity index (χ2n) is 4.91. The lowest BCUT2D eigenvalue weighted by molar-refractivity contribution is -0.124. The standard InChI is InChI=1S/C17H16FN3O3/c18-13-5-7-14(8-6-13)20-16(23)9-10-17(24)21-19-11-12-3-1-2-4-15(12)22/h1-8,11,22H,9-10H2,(H,20,23)(H,21,24)/b19-11+. The molecule has 124 valence electrons. The van der Waals surface area contributed by atoms with Crippen LogP contribution in [0.15, 0.2) is 53.6 Å². The van der Waals surface area contributed by atoms with E-state index in [0.29, 0.717) is 11.3 Å². The molecule has 7 heteroatoms. The number of phenols is 1. The maximum absolute atomic E-state index is 12.7. The van der Waals surface area contributed by atoms with E-state index in [9.17, 15) is 19.1 Å². The zero-order chi connectivity index (χ0) is 17.4. The van der Waals surface area contributed by atoms with E-state index in [1.54, 1.807) is 18.2 Å². The molecule has 0 saturated heterocycles. The van der Waals surface area contributed by atoms with Crippen LogP contribution in [-0.4, -0.2) is 23.1 Å². The van der Waals surface area contributed by atoms with E-state index in [0.717, 1.165) is 0 Å². The molecule has 2 aromatic carbocycles. The second-order valence-corrected chi connectivity index (χ2v) is 4.91. The third kappa shape index (κ3) is 5.53. The quantitative estimate of drug-likeness (QED) is 0.561. The molecule has 0 spiro atoms. The van der Waals surface area contributed by atoms with E-state index >= 15 is 0 Å². The average Bonchev–Trinajstić information content (AvgIpc) is 2.57. The van der Waals surface area contributed by atoms with Gasteiger partial charge < -0.3 is 10.4 Å². The minimum atomic E-state index is -0.434. The number of rotatable bonds is 6. The lowest BCUT2D eigenvalue weighted by Gasteiger charge is -2.04. The van der Waals surface area contributed by atoms with Gasteiger partial charge >= 0.3 is 0 Å². The fourth-order valence-corrected chi connectivity index (χ4v) is 1.81. The predicted molar refractivity (Wildman–Crippen MR) is 88.1 cm³/mol. The molecule has 0 atom stereocenters. The van der Waals surface area contributed by atoms with Gasteiger partial charge in [0.1, 0.15) is 11.6 Å². The first-order valence-electron chi connectivity index (χ1n) is 7.20. The number of halogens is 1. The predicted octanol–water partition coefficient (Wildman–Crippen LogP) is 2.40. The molecule has 0 heterocycles. The molecule has 0 bridgehead atoms. The summed E-state index contributed by atoms with van der Waals surface area (Å²) in [4.78, 5) is 23.3. The van der Waals surface area contributed by atoms with Crippen LogP contribution in [0.1, 0.15) is 18.4 Å². The van der Waals surface area contributed by atoms with Gasteiger partial charge in [0, 0.05) is 24.1 Å². The molecule has 2 aromatic rings. The van der Waals surface area contributed by atoms with Crippen molar-refractivity contribution < 1.29 is 19.1 Å². The van der Waals surface area contributed by atoms with Crippen molar-refractivity contribution in [3.05, 3.63) is 59.9 Å². The number of nitrogens with one attached hydrogen (secondary N) is 2. The summed E-state index contributed by atoms with van der Waals surface area (Å²) in [5, 5.41) is 15.8. The van der Waals surface area contributed by atoms with Gasteiger partial charge in [-0.2, -0.15) is 5.10 Å². The Morgan fingerprint density at radius 2 is 1.71 bits per heavy atom. The second kappa shape index (κ2) is 8.42. The summed E-state index contributed by atoms with van der Waals surface area (Å²) in [7, 11) is 0. The Bertz CT molecular complexity index is 745. The Hall–Kier alpha value is -3.22. The summed E-state index contributed by atoms with van der Waals surface area (Å²) in [5.74, 6) is -1.14. The Morgan fingerprint density at radius 3 is 2.42 bits per heavy atom. The van der Waals surface area contributed by atoms with Crippen LogP contribution in [0.25, 0.3) is 0 Å². The molecule has 0 aromatic heterocycles. The number of carbonyl (C=O) groups is 2. The molecule has 3 N–H and O–H groups in total. The number of benzene rings is 2. The molecule has 0 aliphatic rings. The van der Waals surface area contributed by atoms with Crippen LogP contribution < -0.4 is 10.7 Å². The Morgan fingerprint density at radius 1 is 1.04 bits per heavy atom. The maximum atomic E-state index is 12.7. The zero-order valence-corrected chi connectivity index (χ0v) is 12.7. The lowest BCUT2D eigenvalue weighted by Crippen LogP contribution is -2.20. The number of aromatic hydroxyl groups is 1. The monoisotopic (exact) mass is 329 g/mol. The number of anilines is 1. The highest BCUT2D eigenvalue weighted by molar-refractivity contribution is 5.93. The Labute approximate surface area is 138 Å². The van der Waals surface area contributed by atoms with Gasteiger partial charge in [0.2, 0.25) is 11.8 Å². The fraction of sp³-hybridized carbons (Fsp3) is 0.118.